The number of alkyl halides is 3. The van der Waals surface area contributed by atoms with E-state index in [4.69, 9.17) is 0 Å². The van der Waals surface area contributed by atoms with Crippen LogP contribution in [0, 0.1) is 11.8 Å². The van der Waals surface area contributed by atoms with Crippen molar-refractivity contribution < 1.29 is 23.1 Å². The van der Waals surface area contributed by atoms with Crippen LogP contribution in [0.15, 0.2) is 0 Å². The summed E-state index contributed by atoms with van der Waals surface area (Å²) in [4.78, 5) is 12.1. The van der Waals surface area contributed by atoms with Gasteiger partial charge in [0.05, 0.1) is 18.1 Å². The van der Waals surface area contributed by atoms with Crippen LogP contribution in [0.5, 0.6) is 0 Å². The van der Waals surface area contributed by atoms with E-state index in [1.807, 2.05) is 0 Å². The highest BCUT2D eigenvalue weighted by molar-refractivity contribution is 5.79. The molecule has 0 radical (unpaired) electrons. The molecule has 0 bridgehead atoms. The van der Waals surface area contributed by atoms with Gasteiger partial charge in [-0.15, -0.1) is 0 Å². The number of carbonyl (C=O) groups excluding carboxylic acids is 1. The third-order valence-corrected chi connectivity index (χ3v) is 4.57. The number of amides is 1. The second-order valence-electron chi connectivity index (χ2n) is 6.07. The number of hydrogen-bond donors (Lipinski definition) is 2. The van der Waals surface area contributed by atoms with E-state index >= 15 is 0 Å². The van der Waals surface area contributed by atoms with E-state index in [0.717, 1.165) is 12.8 Å². The maximum absolute atomic E-state index is 12.7. The maximum atomic E-state index is 12.7. The van der Waals surface area contributed by atoms with Crippen LogP contribution in [-0.2, 0) is 4.79 Å². The summed E-state index contributed by atoms with van der Waals surface area (Å²) in [6, 6.07) is -0.289. The Morgan fingerprint density at radius 2 is 1.75 bits per heavy atom. The van der Waals surface area contributed by atoms with Crippen molar-refractivity contribution in [1.82, 2.24) is 5.32 Å². The zero-order valence-electron chi connectivity index (χ0n) is 11.5. The van der Waals surface area contributed by atoms with Gasteiger partial charge in [-0.3, -0.25) is 4.79 Å². The molecule has 2 unspecified atom stereocenters. The summed E-state index contributed by atoms with van der Waals surface area (Å²) in [6.07, 6.45) is -0.555. The molecule has 0 aliphatic heterocycles. The van der Waals surface area contributed by atoms with E-state index in [1.54, 1.807) is 0 Å². The van der Waals surface area contributed by atoms with Crippen LogP contribution in [-0.4, -0.2) is 29.3 Å². The van der Waals surface area contributed by atoms with Crippen molar-refractivity contribution in [3.8, 4) is 0 Å². The van der Waals surface area contributed by atoms with Gasteiger partial charge in [-0.05, 0) is 32.1 Å². The number of aliphatic hydroxyl groups excluding tert-OH is 1. The van der Waals surface area contributed by atoms with E-state index in [9.17, 15) is 23.1 Å². The van der Waals surface area contributed by atoms with Gasteiger partial charge in [0.1, 0.15) is 0 Å². The van der Waals surface area contributed by atoms with E-state index < -0.39 is 24.1 Å². The smallest absolute Gasteiger partial charge is 0.391 e. The monoisotopic (exact) mass is 293 g/mol. The lowest BCUT2D eigenvalue weighted by Crippen LogP contribution is -2.48. The SMILES string of the molecule is O=C(N[C@H]1CCCC[C@@H]1O)C1CCCC(C(F)(F)F)C1. The first-order chi connectivity index (χ1) is 9.38. The molecule has 0 aromatic rings. The predicted molar refractivity (Wildman–Crippen MR) is 67.9 cm³/mol. The molecular formula is C14H22F3NO2. The number of carbonyl (C=O) groups is 1. The molecule has 2 fully saturated rings. The van der Waals surface area contributed by atoms with Gasteiger partial charge in [0.25, 0.3) is 0 Å². The molecule has 2 aliphatic carbocycles. The van der Waals surface area contributed by atoms with Gasteiger partial charge in [-0.1, -0.05) is 19.3 Å². The fraction of sp³-hybridized carbons (Fsp3) is 0.929. The Bertz CT molecular complexity index is 346. The van der Waals surface area contributed by atoms with Gasteiger partial charge in [0.15, 0.2) is 0 Å². The summed E-state index contributed by atoms with van der Waals surface area (Å²) < 4.78 is 38.2. The van der Waals surface area contributed by atoms with Gasteiger partial charge in [-0.2, -0.15) is 13.2 Å². The van der Waals surface area contributed by atoms with Gasteiger partial charge in [-0.25, -0.2) is 0 Å². The Hall–Kier alpha value is -0.780. The maximum Gasteiger partial charge on any atom is 0.391 e. The minimum atomic E-state index is -4.21. The lowest BCUT2D eigenvalue weighted by molar-refractivity contribution is -0.186. The summed E-state index contributed by atoms with van der Waals surface area (Å²) in [5.74, 6) is -2.24. The summed E-state index contributed by atoms with van der Waals surface area (Å²) in [5.41, 5.74) is 0. The summed E-state index contributed by atoms with van der Waals surface area (Å²) in [7, 11) is 0. The molecule has 0 aromatic carbocycles. The van der Waals surface area contributed by atoms with Gasteiger partial charge in [0, 0.05) is 5.92 Å². The normalized spacial score (nSPS) is 35.6. The van der Waals surface area contributed by atoms with Crippen LogP contribution in [0.4, 0.5) is 13.2 Å². The van der Waals surface area contributed by atoms with Crippen molar-refractivity contribution in [3.63, 3.8) is 0 Å². The van der Waals surface area contributed by atoms with E-state index in [0.29, 0.717) is 25.7 Å². The lowest BCUT2D eigenvalue weighted by atomic mass is 9.80. The van der Waals surface area contributed by atoms with Gasteiger partial charge >= 0.3 is 6.18 Å². The molecule has 6 heteroatoms. The molecular weight excluding hydrogens is 271 g/mol. The first-order valence-electron chi connectivity index (χ1n) is 7.43. The Morgan fingerprint density at radius 1 is 1.05 bits per heavy atom. The highest BCUT2D eigenvalue weighted by Crippen LogP contribution is 2.40. The molecule has 20 heavy (non-hydrogen) atoms. The summed E-state index contributed by atoms with van der Waals surface area (Å²) in [5, 5.41) is 12.6. The molecule has 116 valence electrons. The van der Waals surface area contributed by atoms with Crippen molar-refractivity contribution in [2.24, 2.45) is 11.8 Å². The molecule has 0 aromatic heterocycles. The molecule has 2 saturated carbocycles. The first-order valence-corrected chi connectivity index (χ1v) is 7.43. The highest BCUT2D eigenvalue weighted by atomic mass is 19.4. The van der Waals surface area contributed by atoms with Crippen molar-refractivity contribution in [2.45, 2.75) is 69.7 Å². The van der Waals surface area contributed by atoms with Crippen LogP contribution in [0.25, 0.3) is 0 Å². The van der Waals surface area contributed by atoms with E-state index in [2.05, 4.69) is 5.32 Å². The third kappa shape index (κ3) is 3.87. The Morgan fingerprint density at radius 3 is 2.40 bits per heavy atom. The standard InChI is InChI=1S/C14H22F3NO2/c15-14(16,17)10-5-3-4-9(8-10)13(20)18-11-6-1-2-7-12(11)19/h9-12,19H,1-8H2,(H,18,20)/t9?,10?,11-,12-/m0/s1. The summed E-state index contributed by atoms with van der Waals surface area (Å²) >= 11 is 0. The first kappa shape index (κ1) is 15.6. The molecule has 0 heterocycles. The van der Waals surface area contributed by atoms with Crippen molar-refractivity contribution in [1.29, 1.82) is 0 Å². The van der Waals surface area contributed by atoms with Crippen LogP contribution >= 0.6 is 0 Å². The molecule has 1 amide bonds. The molecule has 2 aliphatic rings. The number of aliphatic hydroxyl groups is 1. The van der Waals surface area contributed by atoms with E-state index in [-0.39, 0.29) is 24.8 Å². The molecule has 3 nitrogen and oxygen atoms in total. The van der Waals surface area contributed by atoms with Gasteiger partial charge in [0.2, 0.25) is 5.91 Å². The predicted octanol–water partition coefficient (Wildman–Crippen LogP) is 2.77. The minimum Gasteiger partial charge on any atom is -0.391 e. The summed E-state index contributed by atoms with van der Waals surface area (Å²) in [6.45, 7) is 0. The average Bonchev–Trinajstić information content (AvgIpc) is 2.40. The molecule has 0 spiro atoms. The zero-order chi connectivity index (χ0) is 14.8. The van der Waals surface area contributed by atoms with Crippen molar-refractivity contribution in [2.75, 3.05) is 0 Å². The number of nitrogens with one attached hydrogen (secondary N) is 1. The molecule has 2 rings (SSSR count). The fourth-order valence-electron chi connectivity index (χ4n) is 3.31. The quantitative estimate of drug-likeness (QED) is 0.822. The van der Waals surface area contributed by atoms with Crippen LogP contribution in [0.1, 0.15) is 51.4 Å². The minimum absolute atomic E-state index is 0.113. The molecule has 2 N–H and O–H groups in total. The average molecular weight is 293 g/mol. The zero-order valence-corrected chi connectivity index (χ0v) is 11.5. The van der Waals surface area contributed by atoms with Gasteiger partial charge < -0.3 is 10.4 Å². The Labute approximate surface area is 116 Å². The Kier molecular flexibility index (Phi) is 4.94. The van der Waals surface area contributed by atoms with Crippen molar-refractivity contribution in [3.05, 3.63) is 0 Å². The van der Waals surface area contributed by atoms with Crippen LogP contribution < -0.4 is 5.32 Å². The van der Waals surface area contributed by atoms with Crippen molar-refractivity contribution >= 4 is 5.91 Å². The topological polar surface area (TPSA) is 49.3 Å². The number of hydrogen-bond acceptors (Lipinski definition) is 2. The second-order valence-corrected chi connectivity index (χ2v) is 6.07. The number of rotatable bonds is 2. The van der Waals surface area contributed by atoms with Crippen LogP contribution in [0.2, 0.25) is 0 Å². The largest absolute Gasteiger partial charge is 0.391 e. The Balaban J connectivity index is 1.88. The van der Waals surface area contributed by atoms with Crippen LogP contribution in [0.3, 0.4) is 0 Å². The number of halogens is 3. The highest BCUT2D eigenvalue weighted by Gasteiger charge is 2.43. The fourth-order valence-corrected chi connectivity index (χ4v) is 3.31. The lowest BCUT2D eigenvalue weighted by Gasteiger charge is -2.33. The van der Waals surface area contributed by atoms with E-state index in [1.165, 1.54) is 0 Å². The molecule has 0 saturated heterocycles. The molecule has 4 atom stereocenters. The third-order valence-electron chi connectivity index (χ3n) is 4.57. The second kappa shape index (κ2) is 6.33.